The van der Waals surface area contributed by atoms with Gasteiger partial charge in [-0.3, -0.25) is 0 Å². The van der Waals surface area contributed by atoms with Crippen molar-refractivity contribution in [1.82, 2.24) is 0 Å². The van der Waals surface area contributed by atoms with Crippen molar-refractivity contribution in [3.8, 4) is 0 Å². The molecule has 18 heavy (non-hydrogen) atoms. The second-order valence-electron chi connectivity index (χ2n) is 4.39. The Kier molecular flexibility index (Phi) is 4.89. The second-order valence-corrected chi connectivity index (χ2v) is 4.39. The molecule has 0 bridgehead atoms. The van der Waals surface area contributed by atoms with Crippen LogP contribution in [-0.2, 0) is 19.1 Å². The number of carbonyl (C=O) groups is 2. The van der Waals surface area contributed by atoms with E-state index in [4.69, 9.17) is 9.47 Å². The van der Waals surface area contributed by atoms with Crippen molar-refractivity contribution < 1.29 is 19.1 Å². The van der Waals surface area contributed by atoms with E-state index < -0.39 is 11.9 Å². The summed E-state index contributed by atoms with van der Waals surface area (Å²) in [5.74, 6) is -0.112. The van der Waals surface area contributed by atoms with Gasteiger partial charge in [-0.05, 0) is 26.7 Å². The monoisotopic (exact) mass is 250 g/mol. The lowest BCUT2D eigenvalue weighted by atomic mass is 10.0. The highest BCUT2D eigenvalue weighted by Gasteiger charge is 2.21. The first kappa shape index (κ1) is 14.2. The van der Waals surface area contributed by atoms with Gasteiger partial charge in [-0.1, -0.05) is 13.2 Å². The highest BCUT2D eigenvalue weighted by Crippen LogP contribution is 2.27. The molecule has 0 N–H and O–H groups in total. The van der Waals surface area contributed by atoms with E-state index >= 15 is 0 Å². The van der Waals surface area contributed by atoms with Crippen LogP contribution in [0.3, 0.4) is 0 Å². The van der Waals surface area contributed by atoms with E-state index in [9.17, 15) is 9.59 Å². The molecule has 1 aliphatic rings. The van der Waals surface area contributed by atoms with Crippen molar-refractivity contribution in [2.45, 2.75) is 39.5 Å². The van der Waals surface area contributed by atoms with Crippen molar-refractivity contribution in [1.29, 1.82) is 0 Å². The summed E-state index contributed by atoms with van der Waals surface area (Å²) in [5, 5.41) is 0. The van der Waals surface area contributed by atoms with Crippen molar-refractivity contribution in [3.05, 3.63) is 35.8 Å². The lowest BCUT2D eigenvalue weighted by Gasteiger charge is -2.19. The molecule has 0 saturated heterocycles. The first-order valence-electron chi connectivity index (χ1n) is 5.89. The first-order valence-corrected chi connectivity index (χ1v) is 5.89. The number of rotatable bonds is 4. The minimum Gasteiger partial charge on any atom is -0.424 e. The maximum atomic E-state index is 11.5. The van der Waals surface area contributed by atoms with Gasteiger partial charge in [-0.25, -0.2) is 9.59 Å². The van der Waals surface area contributed by atoms with E-state index in [2.05, 4.69) is 13.2 Å². The first-order chi connectivity index (χ1) is 8.41. The SMILES string of the molecule is C=C(C)C(=O)OC1=C(OC(=O)C(=C)C)CCCC1. The normalized spacial score (nSPS) is 15.0. The minimum absolute atomic E-state index is 0.318. The van der Waals surface area contributed by atoms with Gasteiger partial charge in [0.05, 0.1) is 0 Å². The third kappa shape index (κ3) is 3.87. The number of allylic oxidation sites excluding steroid dienone is 2. The molecule has 0 heterocycles. The van der Waals surface area contributed by atoms with Crippen LogP contribution in [0.4, 0.5) is 0 Å². The fourth-order valence-corrected chi connectivity index (χ4v) is 1.46. The standard InChI is InChI=1S/C14H18O4/c1-9(2)13(15)17-11-7-5-6-8-12(11)18-14(16)10(3)4/h1,3,5-8H2,2,4H3. The average molecular weight is 250 g/mol. The Morgan fingerprint density at radius 1 is 0.889 bits per heavy atom. The Balaban J connectivity index is 2.83. The van der Waals surface area contributed by atoms with Crippen LogP contribution in [0.1, 0.15) is 39.5 Å². The van der Waals surface area contributed by atoms with E-state index in [1.165, 1.54) is 0 Å². The predicted molar refractivity (Wildman–Crippen MR) is 67.3 cm³/mol. The van der Waals surface area contributed by atoms with Gasteiger partial charge < -0.3 is 9.47 Å². The third-order valence-electron chi connectivity index (χ3n) is 2.50. The maximum absolute atomic E-state index is 11.5. The number of carbonyl (C=O) groups excluding carboxylic acids is 2. The number of esters is 2. The Morgan fingerprint density at radius 2 is 1.22 bits per heavy atom. The van der Waals surface area contributed by atoms with Crippen molar-refractivity contribution in [2.75, 3.05) is 0 Å². The molecule has 0 aromatic rings. The van der Waals surface area contributed by atoms with Crippen molar-refractivity contribution in [3.63, 3.8) is 0 Å². The van der Waals surface area contributed by atoms with Crippen LogP contribution in [0.2, 0.25) is 0 Å². The topological polar surface area (TPSA) is 52.6 Å². The Hall–Kier alpha value is -1.84. The number of hydrogen-bond donors (Lipinski definition) is 0. The van der Waals surface area contributed by atoms with Gasteiger partial charge in [0.2, 0.25) is 0 Å². The molecule has 0 aromatic heterocycles. The van der Waals surface area contributed by atoms with Gasteiger partial charge >= 0.3 is 11.9 Å². The van der Waals surface area contributed by atoms with E-state index in [0.29, 0.717) is 35.5 Å². The van der Waals surface area contributed by atoms with Gasteiger partial charge in [0, 0.05) is 24.0 Å². The molecule has 4 nitrogen and oxygen atoms in total. The summed E-state index contributed by atoms with van der Waals surface area (Å²) in [7, 11) is 0. The summed E-state index contributed by atoms with van der Waals surface area (Å²) >= 11 is 0. The van der Waals surface area contributed by atoms with Gasteiger partial charge in [-0.2, -0.15) is 0 Å². The quantitative estimate of drug-likeness (QED) is 0.568. The molecule has 1 aliphatic carbocycles. The van der Waals surface area contributed by atoms with E-state index in [1.54, 1.807) is 13.8 Å². The van der Waals surface area contributed by atoms with Crippen LogP contribution in [0.5, 0.6) is 0 Å². The fraction of sp³-hybridized carbons (Fsp3) is 0.429. The summed E-state index contributed by atoms with van der Waals surface area (Å²) in [6.07, 6.45) is 3.01. The molecule has 98 valence electrons. The molecule has 0 radical (unpaired) electrons. The zero-order chi connectivity index (χ0) is 13.7. The Labute approximate surface area is 107 Å². The summed E-state index contributed by atoms with van der Waals surface area (Å²) < 4.78 is 10.4. The third-order valence-corrected chi connectivity index (χ3v) is 2.50. The fourth-order valence-electron chi connectivity index (χ4n) is 1.46. The van der Waals surface area contributed by atoms with Crippen LogP contribution in [0, 0.1) is 0 Å². The Morgan fingerprint density at radius 3 is 1.50 bits per heavy atom. The highest BCUT2D eigenvalue weighted by molar-refractivity contribution is 5.88. The molecule has 4 heteroatoms. The Bertz CT molecular complexity index is 389. The summed E-state index contributed by atoms with van der Waals surface area (Å²) in [6, 6.07) is 0. The summed E-state index contributed by atoms with van der Waals surface area (Å²) in [6.45, 7) is 10.2. The molecule has 0 aliphatic heterocycles. The van der Waals surface area contributed by atoms with Gasteiger partial charge in [-0.15, -0.1) is 0 Å². The summed E-state index contributed by atoms with van der Waals surface area (Å²) in [5.41, 5.74) is 0.636. The molecule has 0 spiro atoms. The summed E-state index contributed by atoms with van der Waals surface area (Å²) in [4.78, 5) is 22.9. The maximum Gasteiger partial charge on any atom is 0.338 e. The van der Waals surface area contributed by atoms with Crippen LogP contribution in [-0.4, -0.2) is 11.9 Å². The lowest BCUT2D eigenvalue weighted by Crippen LogP contribution is -2.14. The molecule has 0 atom stereocenters. The van der Waals surface area contributed by atoms with E-state index in [-0.39, 0.29) is 0 Å². The average Bonchev–Trinajstić information content (AvgIpc) is 2.31. The molecule has 0 amide bonds. The van der Waals surface area contributed by atoms with Crippen molar-refractivity contribution in [2.24, 2.45) is 0 Å². The number of hydrogen-bond acceptors (Lipinski definition) is 4. The highest BCUT2D eigenvalue weighted by atomic mass is 16.6. The zero-order valence-corrected chi connectivity index (χ0v) is 10.9. The number of ether oxygens (including phenoxy) is 2. The van der Waals surface area contributed by atoms with E-state index in [0.717, 1.165) is 12.8 Å². The molecule has 0 fully saturated rings. The molecule has 0 aromatic carbocycles. The lowest BCUT2D eigenvalue weighted by molar-refractivity contribution is -0.139. The van der Waals surface area contributed by atoms with Gasteiger partial charge in [0.15, 0.2) is 0 Å². The van der Waals surface area contributed by atoms with Crippen LogP contribution in [0.25, 0.3) is 0 Å². The molecule has 0 unspecified atom stereocenters. The van der Waals surface area contributed by atoms with Gasteiger partial charge in [0.1, 0.15) is 11.5 Å². The molecular weight excluding hydrogens is 232 g/mol. The predicted octanol–water partition coefficient (Wildman–Crippen LogP) is 3.01. The zero-order valence-electron chi connectivity index (χ0n) is 10.9. The van der Waals surface area contributed by atoms with Crippen molar-refractivity contribution >= 4 is 11.9 Å². The molecular formula is C14H18O4. The van der Waals surface area contributed by atoms with Crippen LogP contribution < -0.4 is 0 Å². The van der Waals surface area contributed by atoms with Gasteiger partial charge in [0.25, 0.3) is 0 Å². The van der Waals surface area contributed by atoms with Crippen LogP contribution >= 0.6 is 0 Å². The van der Waals surface area contributed by atoms with Crippen LogP contribution in [0.15, 0.2) is 35.8 Å². The molecule has 0 saturated carbocycles. The largest absolute Gasteiger partial charge is 0.424 e. The smallest absolute Gasteiger partial charge is 0.338 e. The van der Waals surface area contributed by atoms with E-state index in [1.807, 2.05) is 0 Å². The molecule has 1 rings (SSSR count). The second kappa shape index (κ2) is 6.19. The minimum atomic E-state index is -0.490.